The molecule has 0 heterocycles. The number of rotatable bonds is 6. The predicted molar refractivity (Wildman–Crippen MR) is 84.3 cm³/mol. The number of hydrogen-bond acceptors (Lipinski definition) is 5. The number of phosphoric ester groups is 2. The van der Waals surface area contributed by atoms with Gasteiger partial charge in [0, 0.05) is 0 Å². The number of aryl methyl sites for hydroxylation is 2. The second kappa shape index (κ2) is 6.87. The van der Waals surface area contributed by atoms with E-state index in [1.54, 1.807) is 24.3 Å². The van der Waals surface area contributed by atoms with E-state index >= 15 is 0 Å². The van der Waals surface area contributed by atoms with Gasteiger partial charge in [0.1, 0.15) is 11.5 Å². The van der Waals surface area contributed by atoms with Crippen LogP contribution < -0.4 is 9.05 Å². The van der Waals surface area contributed by atoms with E-state index in [9.17, 15) is 18.9 Å². The van der Waals surface area contributed by atoms with Gasteiger partial charge in [0.2, 0.25) is 0 Å². The molecule has 124 valence electrons. The molecule has 23 heavy (non-hydrogen) atoms. The molecule has 0 aliphatic carbocycles. The summed E-state index contributed by atoms with van der Waals surface area (Å²) in [7, 11) is -9.67. The summed E-state index contributed by atoms with van der Waals surface area (Å²) in [5, 5.41) is 0. The molecular formula is C14H16O7P2. The number of hydrogen-bond donors (Lipinski definition) is 2. The molecule has 2 rings (SSSR count). The molecule has 0 saturated carbocycles. The molecule has 2 unspecified atom stereocenters. The van der Waals surface area contributed by atoms with E-state index in [1.165, 1.54) is 24.3 Å². The Bertz CT molecular complexity index is 690. The lowest BCUT2D eigenvalue weighted by Crippen LogP contribution is -2.00. The average Bonchev–Trinajstić information content (AvgIpc) is 2.42. The van der Waals surface area contributed by atoms with Gasteiger partial charge in [0.05, 0.1) is 0 Å². The van der Waals surface area contributed by atoms with Gasteiger partial charge in [-0.25, -0.2) is 9.13 Å². The third-order valence-corrected chi connectivity index (χ3v) is 5.22. The molecule has 0 radical (unpaired) electrons. The standard InChI is InChI=1S/C14H16O7P2/c1-11-3-7-13(8-4-11)19-22(15,16)21-23(17,18)20-14-9-5-12(2)6-10-14/h3-10H,1-2H3,(H,15,16)(H,17,18). The van der Waals surface area contributed by atoms with Crippen molar-refractivity contribution in [2.75, 3.05) is 0 Å². The van der Waals surface area contributed by atoms with E-state index in [0.29, 0.717) is 0 Å². The van der Waals surface area contributed by atoms with Crippen molar-refractivity contribution in [2.24, 2.45) is 0 Å². The summed E-state index contributed by atoms with van der Waals surface area (Å²) in [6, 6.07) is 12.3. The highest BCUT2D eigenvalue weighted by Gasteiger charge is 2.37. The summed E-state index contributed by atoms with van der Waals surface area (Å²) in [6.07, 6.45) is 0. The van der Waals surface area contributed by atoms with Gasteiger partial charge in [-0.05, 0) is 38.1 Å². The van der Waals surface area contributed by atoms with Crippen molar-refractivity contribution in [3.63, 3.8) is 0 Å². The molecule has 0 aliphatic rings. The first kappa shape index (κ1) is 17.7. The zero-order chi connectivity index (χ0) is 17.1. The van der Waals surface area contributed by atoms with Crippen molar-refractivity contribution >= 4 is 15.6 Å². The maximum atomic E-state index is 11.8. The van der Waals surface area contributed by atoms with Gasteiger partial charge in [0.15, 0.2) is 0 Å². The second-order valence-electron chi connectivity index (χ2n) is 4.83. The summed E-state index contributed by atoms with van der Waals surface area (Å²) in [4.78, 5) is 19.2. The highest BCUT2D eigenvalue weighted by Crippen LogP contribution is 2.59. The number of benzene rings is 2. The summed E-state index contributed by atoms with van der Waals surface area (Å²) in [5.41, 5.74) is 1.84. The van der Waals surface area contributed by atoms with E-state index in [4.69, 9.17) is 9.05 Å². The van der Waals surface area contributed by atoms with Gasteiger partial charge in [0.25, 0.3) is 0 Å². The highest BCUT2D eigenvalue weighted by atomic mass is 31.3. The lowest BCUT2D eigenvalue weighted by molar-refractivity contribution is 0.234. The van der Waals surface area contributed by atoms with Gasteiger partial charge in [-0.1, -0.05) is 35.4 Å². The molecule has 0 saturated heterocycles. The van der Waals surface area contributed by atoms with Crippen LogP contribution in [-0.2, 0) is 13.4 Å². The second-order valence-corrected chi connectivity index (χ2v) is 7.72. The van der Waals surface area contributed by atoms with Crippen molar-refractivity contribution in [3.05, 3.63) is 59.7 Å². The molecule has 0 amide bonds. The molecule has 0 aliphatic heterocycles. The Hall–Kier alpha value is -1.62. The fourth-order valence-corrected chi connectivity index (χ4v) is 3.71. The first-order valence-electron chi connectivity index (χ1n) is 6.55. The van der Waals surface area contributed by atoms with Gasteiger partial charge in [-0.15, -0.1) is 0 Å². The minimum Gasteiger partial charge on any atom is -0.404 e. The van der Waals surface area contributed by atoms with E-state index in [2.05, 4.69) is 4.31 Å². The molecule has 2 atom stereocenters. The third-order valence-electron chi connectivity index (χ3n) is 2.69. The molecule has 0 aromatic heterocycles. The molecule has 2 aromatic rings. The Balaban J connectivity index is 2.05. The van der Waals surface area contributed by atoms with Crippen molar-refractivity contribution < 1.29 is 32.3 Å². The summed E-state index contributed by atoms with van der Waals surface area (Å²) >= 11 is 0. The van der Waals surface area contributed by atoms with Crippen LogP contribution in [0, 0.1) is 13.8 Å². The van der Waals surface area contributed by atoms with Gasteiger partial charge < -0.3 is 9.05 Å². The summed E-state index contributed by atoms with van der Waals surface area (Å²) in [6.45, 7) is 3.66. The smallest absolute Gasteiger partial charge is 0.404 e. The summed E-state index contributed by atoms with van der Waals surface area (Å²) < 4.78 is 37.4. The zero-order valence-corrected chi connectivity index (χ0v) is 14.2. The molecule has 7 nitrogen and oxygen atoms in total. The van der Waals surface area contributed by atoms with Crippen LogP contribution in [0.4, 0.5) is 0 Å². The highest BCUT2D eigenvalue weighted by molar-refractivity contribution is 7.61. The Labute approximate surface area is 133 Å². The van der Waals surface area contributed by atoms with Crippen LogP contribution in [0.15, 0.2) is 48.5 Å². The van der Waals surface area contributed by atoms with Crippen LogP contribution in [-0.4, -0.2) is 9.79 Å². The van der Waals surface area contributed by atoms with Crippen molar-refractivity contribution in [1.82, 2.24) is 0 Å². The maximum absolute atomic E-state index is 11.8. The molecule has 2 aromatic carbocycles. The van der Waals surface area contributed by atoms with Crippen LogP contribution in [0.5, 0.6) is 11.5 Å². The number of phosphoric acid groups is 2. The largest absolute Gasteiger partial charge is 0.537 e. The van der Waals surface area contributed by atoms with E-state index in [-0.39, 0.29) is 11.5 Å². The quantitative estimate of drug-likeness (QED) is 0.753. The van der Waals surface area contributed by atoms with Crippen LogP contribution in [0.3, 0.4) is 0 Å². The topological polar surface area (TPSA) is 102 Å². The lowest BCUT2D eigenvalue weighted by atomic mass is 10.2. The average molecular weight is 358 g/mol. The minimum absolute atomic E-state index is 0.0248. The molecule has 2 N–H and O–H groups in total. The van der Waals surface area contributed by atoms with E-state index < -0.39 is 15.6 Å². The minimum atomic E-state index is -4.84. The Kier molecular flexibility index (Phi) is 5.30. The monoisotopic (exact) mass is 358 g/mol. The first-order chi connectivity index (χ1) is 10.7. The van der Waals surface area contributed by atoms with Crippen LogP contribution in [0.25, 0.3) is 0 Å². The molecule has 0 fully saturated rings. The zero-order valence-electron chi connectivity index (χ0n) is 12.4. The maximum Gasteiger partial charge on any atom is 0.537 e. The van der Waals surface area contributed by atoms with E-state index in [0.717, 1.165) is 11.1 Å². The van der Waals surface area contributed by atoms with Crippen molar-refractivity contribution in [2.45, 2.75) is 13.8 Å². The first-order valence-corrected chi connectivity index (χ1v) is 9.54. The van der Waals surface area contributed by atoms with Crippen LogP contribution >= 0.6 is 15.6 Å². The Morgan fingerprint density at radius 3 is 1.30 bits per heavy atom. The van der Waals surface area contributed by atoms with Crippen LogP contribution in [0.2, 0.25) is 0 Å². The Morgan fingerprint density at radius 1 is 0.696 bits per heavy atom. The molecule has 0 spiro atoms. The van der Waals surface area contributed by atoms with E-state index in [1.807, 2.05) is 13.8 Å². The van der Waals surface area contributed by atoms with Gasteiger partial charge in [-0.3, -0.25) is 9.79 Å². The fourth-order valence-electron chi connectivity index (χ4n) is 1.63. The molecule has 9 heteroatoms. The van der Waals surface area contributed by atoms with Gasteiger partial charge >= 0.3 is 15.6 Å². The third kappa shape index (κ3) is 5.82. The normalized spacial score (nSPS) is 16.2. The summed E-state index contributed by atoms with van der Waals surface area (Å²) in [5.74, 6) is 0.0496. The van der Waals surface area contributed by atoms with Crippen LogP contribution in [0.1, 0.15) is 11.1 Å². The fraction of sp³-hybridized carbons (Fsp3) is 0.143. The van der Waals surface area contributed by atoms with Gasteiger partial charge in [-0.2, -0.15) is 4.31 Å². The Morgan fingerprint density at radius 2 is 1.00 bits per heavy atom. The molecule has 0 bridgehead atoms. The van der Waals surface area contributed by atoms with Crippen molar-refractivity contribution in [3.8, 4) is 11.5 Å². The predicted octanol–water partition coefficient (Wildman–Crippen LogP) is 3.98. The lowest BCUT2D eigenvalue weighted by Gasteiger charge is -2.17. The SMILES string of the molecule is Cc1ccc(OP(=O)(O)OP(=O)(O)Oc2ccc(C)cc2)cc1. The van der Waals surface area contributed by atoms with Crippen molar-refractivity contribution in [1.29, 1.82) is 0 Å². The molecular weight excluding hydrogens is 342 g/mol.